The lowest BCUT2D eigenvalue weighted by Gasteiger charge is -2.13. The van der Waals surface area contributed by atoms with Crippen LogP contribution in [0.15, 0.2) is 59.9 Å². The van der Waals surface area contributed by atoms with E-state index in [-0.39, 0.29) is 12.6 Å². The number of benzene rings is 2. The molecule has 28 heavy (non-hydrogen) atoms. The van der Waals surface area contributed by atoms with Gasteiger partial charge in [0.05, 0.1) is 44.8 Å². The molecule has 1 heterocycles. The summed E-state index contributed by atoms with van der Waals surface area (Å²) in [5, 5.41) is 10.5. The molecule has 146 valence electrons. The first-order valence-corrected chi connectivity index (χ1v) is 9.72. The van der Waals surface area contributed by atoms with Crippen LogP contribution < -0.4 is 4.74 Å². The summed E-state index contributed by atoms with van der Waals surface area (Å²) in [6.07, 6.45) is 1.68. The van der Waals surface area contributed by atoms with Gasteiger partial charge < -0.3 is 19.1 Å². The van der Waals surface area contributed by atoms with Crippen LogP contribution in [0.1, 0.15) is 27.2 Å². The molecule has 0 aliphatic carbocycles. The number of esters is 1. The summed E-state index contributed by atoms with van der Waals surface area (Å²) in [6.45, 7) is 0.449. The minimum Gasteiger partial charge on any atom is -0.496 e. The number of hydrogen-bond acceptors (Lipinski definition) is 6. The van der Waals surface area contributed by atoms with Crippen LogP contribution >= 0.6 is 11.8 Å². The molecule has 1 aromatic heterocycles. The van der Waals surface area contributed by atoms with Crippen LogP contribution in [0, 0.1) is 0 Å². The van der Waals surface area contributed by atoms with Crippen LogP contribution in [-0.2, 0) is 23.6 Å². The molecule has 7 heteroatoms. The van der Waals surface area contributed by atoms with Crippen LogP contribution in [-0.4, -0.2) is 34.8 Å². The van der Waals surface area contributed by atoms with Crippen molar-refractivity contribution >= 4 is 17.7 Å². The summed E-state index contributed by atoms with van der Waals surface area (Å²) < 4.78 is 12.2. The number of thioether (sulfide) groups is 1. The van der Waals surface area contributed by atoms with E-state index >= 15 is 0 Å². The molecule has 0 saturated heterocycles. The first-order valence-electron chi connectivity index (χ1n) is 8.73. The number of ether oxygens (including phenoxy) is 2. The van der Waals surface area contributed by atoms with Crippen molar-refractivity contribution in [3.05, 3.63) is 77.1 Å². The van der Waals surface area contributed by atoms with Gasteiger partial charge in [-0.3, -0.25) is 0 Å². The zero-order chi connectivity index (χ0) is 19.9. The quantitative estimate of drug-likeness (QED) is 0.462. The van der Waals surface area contributed by atoms with Gasteiger partial charge in [0, 0.05) is 11.3 Å². The van der Waals surface area contributed by atoms with Gasteiger partial charge in [0.2, 0.25) is 0 Å². The molecule has 0 unspecified atom stereocenters. The number of carbonyl (C=O) groups excluding carboxylic acids is 1. The van der Waals surface area contributed by atoms with Crippen molar-refractivity contribution in [2.24, 2.45) is 0 Å². The van der Waals surface area contributed by atoms with E-state index < -0.39 is 0 Å². The van der Waals surface area contributed by atoms with Crippen molar-refractivity contribution < 1.29 is 19.4 Å². The molecule has 0 aliphatic rings. The highest BCUT2D eigenvalue weighted by Crippen LogP contribution is 2.27. The molecule has 3 aromatic rings. The van der Waals surface area contributed by atoms with E-state index in [0.717, 1.165) is 27.7 Å². The second-order valence-electron chi connectivity index (χ2n) is 6.07. The summed E-state index contributed by atoms with van der Waals surface area (Å²) in [6, 6.07) is 15.1. The standard InChI is InChI=1S/C21H22N2O4S/c1-26-19-9-4-3-7-17(19)12-23-18(13-24)11-22-21(23)28-14-15-6-5-8-16(10-15)20(25)27-2/h3-11,24H,12-14H2,1-2H3. The number of aromatic nitrogens is 2. The zero-order valence-corrected chi connectivity index (χ0v) is 16.6. The number of aliphatic hydroxyl groups excluding tert-OH is 1. The average molecular weight is 398 g/mol. The summed E-state index contributed by atoms with van der Waals surface area (Å²) in [5.74, 6) is 1.08. The lowest BCUT2D eigenvalue weighted by Crippen LogP contribution is -2.07. The second kappa shape index (κ2) is 9.43. The Hall–Kier alpha value is -2.77. The molecule has 0 saturated carbocycles. The number of hydrogen-bond donors (Lipinski definition) is 1. The predicted molar refractivity (Wildman–Crippen MR) is 108 cm³/mol. The Kier molecular flexibility index (Phi) is 6.73. The first kappa shape index (κ1) is 20.0. The van der Waals surface area contributed by atoms with Crippen molar-refractivity contribution in [3.8, 4) is 5.75 Å². The molecule has 1 N–H and O–H groups in total. The van der Waals surface area contributed by atoms with Gasteiger partial charge in [0.1, 0.15) is 5.75 Å². The highest BCUT2D eigenvalue weighted by Gasteiger charge is 2.13. The molecule has 0 amide bonds. The maximum Gasteiger partial charge on any atom is 0.337 e. The third kappa shape index (κ3) is 4.55. The lowest BCUT2D eigenvalue weighted by atomic mass is 10.1. The van der Waals surface area contributed by atoms with E-state index in [4.69, 9.17) is 9.47 Å². The minimum absolute atomic E-state index is 0.0967. The molecular formula is C21H22N2O4S. The maximum absolute atomic E-state index is 11.7. The van der Waals surface area contributed by atoms with Crippen molar-refractivity contribution in [2.75, 3.05) is 14.2 Å². The fourth-order valence-corrected chi connectivity index (χ4v) is 3.80. The molecule has 2 aromatic carbocycles. The van der Waals surface area contributed by atoms with Crippen molar-refractivity contribution in [3.63, 3.8) is 0 Å². The van der Waals surface area contributed by atoms with Crippen molar-refractivity contribution in [1.82, 2.24) is 9.55 Å². The highest BCUT2D eigenvalue weighted by atomic mass is 32.2. The normalized spacial score (nSPS) is 10.7. The van der Waals surface area contributed by atoms with Crippen LogP contribution in [0.25, 0.3) is 0 Å². The Morgan fingerprint density at radius 2 is 2.00 bits per heavy atom. The Balaban J connectivity index is 1.80. The number of imidazole rings is 1. The van der Waals surface area contributed by atoms with Gasteiger partial charge in [-0.25, -0.2) is 9.78 Å². The van der Waals surface area contributed by atoms with E-state index in [1.54, 1.807) is 31.1 Å². The SMILES string of the molecule is COC(=O)c1cccc(CSc2ncc(CO)n2Cc2ccccc2OC)c1. The number of para-hydroxylation sites is 1. The summed E-state index contributed by atoms with van der Waals surface area (Å²) in [5.41, 5.74) is 3.25. The topological polar surface area (TPSA) is 73.6 Å². The summed E-state index contributed by atoms with van der Waals surface area (Å²) >= 11 is 1.54. The Morgan fingerprint density at radius 1 is 1.18 bits per heavy atom. The maximum atomic E-state index is 11.7. The number of carbonyl (C=O) groups is 1. The van der Waals surface area contributed by atoms with Crippen LogP contribution in [0.5, 0.6) is 5.75 Å². The molecule has 0 radical (unpaired) electrons. The Labute approximate surface area is 168 Å². The van der Waals surface area contributed by atoms with E-state index in [1.807, 2.05) is 47.0 Å². The first-order chi connectivity index (χ1) is 13.7. The fraction of sp³-hybridized carbons (Fsp3) is 0.238. The van der Waals surface area contributed by atoms with Gasteiger partial charge in [0.25, 0.3) is 0 Å². The predicted octanol–water partition coefficient (Wildman–Crippen LogP) is 3.51. The van der Waals surface area contributed by atoms with E-state index in [1.165, 1.54) is 7.11 Å². The Bertz CT molecular complexity index is 955. The largest absolute Gasteiger partial charge is 0.496 e. The molecule has 3 rings (SSSR count). The molecule has 0 aliphatic heterocycles. The molecule has 0 spiro atoms. The lowest BCUT2D eigenvalue weighted by molar-refractivity contribution is 0.0600. The van der Waals surface area contributed by atoms with Gasteiger partial charge in [0.15, 0.2) is 5.16 Å². The van der Waals surface area contributed by atoms with E-state index in [9.17, 15) is 9.90 Å². The smallest absolute Gasteiger partial charge is 0.337 e. The van der Waals surface area contributed by atoms with Crippen LogP contribution in [0.4, 0.5) is 0 Å². The third-order valence-corrected chi connectivity index (χ3v) is 5.36. The highest BCUT2D eigenvalue weighted by molar-refractivity contribution is 7.98. The van der Waals surface area contributed by atoms with Gasteiger partial charge >= 0.3 is 5.97 Å². The van der Waals surface area contributed by atoms with E-state index in [0.29, 0.717) is 17.9 Å². The van der Waals surface area contributed by atoms with Crippen molar-refractivity contribution in [2.45, 2.75) is 24.1 Å². The Morgan fingerprint density at radius 3 is 2.75 bits per heavy atom. The number of nitrogens with zero attached hydrogens (tertiary/aromatic N) is 2. The second-order valence-corrected chi connectivity index (χ2v) is 7.01. The minimum atomic E-state index is -0.355. The molecule has 0 atom stereocenters. The van der Waals surface area contributed by atoms with Gasteiger partial charge in [-0.05, 0) is 23.8 Å². The molecule has 6 nitrogen and oxygen atoms in total. The van der Waals surface area contributed by atoms with Crippen molar-refractivity contribution in [1.29, 1.82) is 0 Å². The fourth-order valence-electron chi connectivity index (χ4n) is 2.86. The summed E-state index contributed by atoms with van der Waals surface area (Å²) in [4.78, 5) is 16.2. The zero-order valence-electron chi connectivity index (χ0n) is 15.8. The summed E-state index contributed by atoms with van der Waals surface area (Å²) in [7, 11) is 3.01. The van der Waals surface area contributed by atoms with Crippen LogP contribution in [0.3, 0.4) is 0 Å². The number of methoxy groups -OCH3 is 2. The third-order valence-electron chi connectivity index (χ3n) is 4.30. The van der Waals surface area contributed by atoms with E-state index in [2.05, 4.69) is 4.98 Å². The monoisotopic (exact) mass is 398 g/mol. The molecule has 0 fully saturated rings. The number of aliphatic hydroxyl groups is 1. The molecular weight excluding hydrogens is 376 g/mol. The molecule has 0 bridgehead atoms. The van der Waals surface area contributed by atoms with Gasteiger partial charge in [-0.15, -0.1) is 0 Å². The average Bonchev–Trinajstić information content (AvgIpc) is 3.13. The van der Waals surface area contributed by atoms with Gasteiger partial charge in [-0.1, -0.05) is 42.1 Å². The number of rotatable bonds is 8. The van der Waals surface area contributed by atoms with Gasteiger partial charge in [-0.2, -0.15) is 0 Å². The van der Waals surface area contributed by atoms with Crippen LogP contribution in [0.2, 0.25) is 0 Å².